The minimum Gasteiger partial charge on any atom is -0.339 e. The lowest BCUT2D eigenvalue weighted by atomic mass is 10.1. The van der Waals surface area contributed by atoms with E-state index in [1.807, 2.05) is 0 Å². The monoisotopic (exact) mass is 385 g/mol. The maximum Gasteiger partial charge on any atom is 0.238 e. The summed E-state index contributed by atoms with van der Waals surface area (Å²) in [6.07, 6.45) is 1.46. The average Bonchev–Trinajstić information content (AvgIpc) is 2.59. The molecular weight excluding hydrogens is 361 g/mol. The van der Waals surface area contributed by atoms with E-state index in [0.29, 0.717) is 32.6 Å². The Labute approximate surface area is 153 Å². The first-order valence-electron chi connectivity index (χ1n) is 8.39. The molecule has 0 unspecified atom stereocenters. The van der Waals surface area contributed by atoms with E-state index in [1.54, 1.807) is 21.9 Å². The number of piperazine rings is 1. The molecule has 0 N–H and O–H groups in total. The van der Waals surface area contributed by atoms with Crippen molar-refractivity contribution >= 4 is 21.8 Å². The van der Waals surface area contributed by atoms with Crippen LogP contribution in [0.3, 0.4) is 0 Å². The third kappa shape index (κ3) is 5.77. The Morgan fingerprint density at radius 2 is 1.62 bits per heavy atom. The molecule has 0 saturated carbocycles. The minimum absolute atomic E-state index is 0.0332. The van der Waals surface area contributed by atoms with Gasteiger partial charge < -0.3 is 9.80 Å². The van der Waals surface area contributed by atoms with Crippen LogP contribution in [-0.4, -0.2) is 79.9 Å². The molecule has 1 aromatic rings. The lowest BCUT2D eigenvalue weighted by Crippen LogP contribution is -2.52. The highest BCUT2D eigenvalue weighted by atomic mass is 32.2. The van der Waals surface area contributed by atoms with Crippen molar-refractivity contribution in [3.05, 3.63) is 35.6 Å². The number of carbonyl (C=O) groups excluding carboxylic acids is 2. The number of rotatable bonds is 6. The number of hydrogen-bond acceptors (Lipinski definition) is 4. The van der Waals surface area contributed by atoms with Crippen molar-refractivity contribution in [1.29, 1.82) is 0 Å². The second kappa shape index (κ2) is 8.59. The maximum absolute atomic E-state index is 12.9. The van der Waals surface area contributed by atoms with Gasteiger partial charge in [-0.05, 0) is 24.1 Å². The zero-order chi connectivity index (χ0) is 19.3. The Morgan fingerprint density at radius 3 is 2.12 bits per heavy atom. The van der Waals surface area contributed by atoms with E-state index in [-0.39, 0.29) is 30.7 Å². The topological polar surface area (TPSA) is 78.0 Å². The lowest BCUT2D eigenvalue weighted by molar-refractivity contribution is -0.138. The fraction of sp³-hybridized carbons (Fsp3) is 0.529. The first-order valence-corrected chi connectivity index (χ1v) is 10.2. The third-order valence-electron chi connectivity index (χ3n) is 4.42. The van der Waals surface area contributed by atoms with Gasteiger partial charge in [-0.15, -0.1) is 0 Å². The molecule has 0 aliphatic carbocycles. The Kier molecular flexibility index (Phi) is 6.71. The van der Waals surface area contributed by atoms with Gasteiger partial charge in [0.2, 0.25) is 21.8 Å². The van der Waals surface area contributed by atoms with Gasteiger partial charge in [0.1, 0.15) is 5.82 Å². The van der Waals surface area contributed by atoms with Crippen LogP contribution in [-0.2, 0) is 26.0 Å². The Hall–Kier alpha value is -2.00. The van der Waals surface area contributed by atoms with E-state index in [1.165, 1.54) is 19.1 Å². The van der Waals surface area contributed by atoms with Crippen LogP contribution >= 0.6 is 0 Å². The van der Waals surface area contributed by atoms with Gasteiger partial charge in [-0.3, -0.25) is 9.59 Å². The van der Waals surface area contributed by atoms with E-state index in [2.05, 4.69) is 0 Å². The van der Waals surface area contributed by atoms with Gasteiger partial charge in [-0.25, -0.2) is 12.8 Å². The highest BCUT2D eigenvalue weighted by Gasteiger charge is 2.26. The smallest absolute Gasteiger partial charge is 0.238 e. The molecule has 2 rings (SSSR count). The van der Waals surface area contributed by atoms with Crippen molar-refractivity contribution in [3.63, 3.8) is 0 Å². The summed E-state index contributed by atoms with van der Waals surface area (Å²) in [6, 6.07) is 5.83. The zero-order valence-electron chi connectivity index (χ0n) is 15.0. The summed E-state index contributed by atoms with van der Waals surface area (Å²) < 4.78 is 38.1. The number of hydrogen-bond donors (Lipinski definition) is 0. The molecule has 144 valence electrons. The van der Waals surface area contributed by atoms with Gasteiger partial charge in [-0.2, -0.15) is 4.31 Å². The quantitative estimate of drug-likeness (QED) is 0.707. The summed E-state index contributed by atoms with van der Waals surface area (Å²) in [6.45, 7) is 3.09. The van der Waals surface area contributed by atoms with Crippen molar-refractivity contribution in [2.24, 2.45) is 0 Å². The third-order valence-corrected chi connectivity index (χ3v) is 5.67. The normalized spacial score (nSPS) is 15.4. The summed E-state index contributed by atoms with van der Waals surface area (Å²) in [7, 11) is -3.55. The summed E-state index contributed by atoms with van der Waals surface area (Å²) in [4.78, 5) is 27.0. The number of nitrogens with zero attached hydrogens (tertiary/aromatic N) is 3. The Morgan fingerprint density at radius 1 is 1.08 bits per heavy atom. The molecule has 1 heterocycles. The minimum atomic E-state index is -3.55. The van der Waals surface area contributed by atoms with Gasteiger partial charge in [-0.1, -0.05) is 12.1 Å². The van der Waals surface area contributed by atoms with E-state index in [0.717, 1.165) is 16.1 Å². The molecule has 9 heteroatoms. The first kappa shape index (κ1) is 20.3. The number of amides is 2. The Balaban J connectivity index is 1.94. The van der Waals surface area contributed by atoms with Gasteiger partial charge in [0.25, 0.3) is 0 Å². The SMILES string of the molecule is CC(=O)N1CCN(C(=O)CN(CCc2ccc(F)cc2)S(C)(=O)=O)CC1. The van der Waals surface area contributed by atoms with E-state index >= 15 is 0 Å². The van der Waals surface area contributed by atoms with Crippen LogP contribution in [0.5, 0.6) is 0 Å². The molecule has 26 heavy (non-hydrogen) atoms. The summed E-state index contributed by atoms with van der Waals surface area (Å²) in [5.41, 5.74) is 0.794. The molecule has 0 aromatic heterocycles. The second-order valence-electron chi connectivity index (χ2n) is 6.36. The number of sulfonamides is 1. The highest BCUT2D eigenvalue weighted by molar-refractivity contribution is 7.88. The molecule has 0 atom stereocenters. The number of carbonyl (C=O) groups is 2. The molecule has 2 amide bonds. The van der Waals surface area contributed by atoms with Crippen LogP contribution in [0.25, 0.3) is 0 Å². The Bertz CT molecular complexity index is 744. The van der Waals surface area contributed by atoms with Crippen LogP contribution < -0.4 is 0 Å². The molecule has 1 aromatic carbocycles. The number of benzene rings is 1. The molecular formula is C17H24FN3O4S. The molecule has 1 aliphatic rings. The molecule has 7 nitrogen and oxygen atoms in total. The first-order chi connectivity index (χ1) is 12.2. The van der Waals surface area contributed by atoms with Crippen molar-refractivity contribution < 1.29 is 22.4 Å². The molecule has 0 spiro atoms. The predicted octanol–water partition coefficient (Wildman–Crippen LogP) is 0.321. The van der Waals surface area contributed by atoms with Crippen LogP contribution in [0.1, 0.15) is 12.5 Å². The van der Waals surface area contributed by atoms with Crippen molar-refractivity contribution in [2.45, 2.75) is 13.3 Å². The fourth-order valence-corrected chi connectivity index (χ4v) is 3.56. The zero-order valence-corrected chi connectivity index (χ0v) is 15.8. The van der Waals surface area contributed by atoms with Crippen LogP contribution in [0.4, 0.5) is 4.39 Å². The average molecular weight is 385 g/mol. The van der Waals surface area contributed by atoms with E-state index in [9.17, 15) is 22.4 Å². The van der Waals surface area contributed by atoms with Crippen molar-refractivity contribution in [1.82, 2.24) is 14.1 Å². The van der Waals surface area contributed by atoms with Gasteiger partial charge in [0.15, 0.2) is 0 Å². The molecule has 1 fully saturated rings. The molecule has 0 bridgehead atoms. The summed E-state index contributed by atoms with van der Waals surface area (Å²) in [5, 5.41) is 0. The molecule has 1 saturated heterocycles. The number of halogens is 1. The maximum atomic E-state index is 12.9. The molecule has 1 aliphatic heterocycles. The van der Waals surface area contributed by atoms with Gasteiger partial charge >= 0.3 is 0 Å². The lowest BCUT2D eigenvalue weighted by Gasteiger charge is -2.35. The highest BCUT2D eigenvalue weighted by Crippen LogP contribution is 2.09. The van der Waals surface area contributed by atoms with Gasteiger partial charge in [0, 0.05) is 39.6 Å². The van der Waals surface area contributed by atoms with E-state index in [4.69, 9.17) is 0 Å². The van der Waals surface area contributed by atoms with Crippen LogP contribution in [0.15, 0.2) is 24.3 Å². The fourth-order valence-electron chi connectivity index (χ4n) is 2.79. The van der Waals surface area contributed by atoms with Crippen molar-refractivity contribution in [2.75, 3.05) is 45.5 Å². The predicted molar refractivity (Wildman–Crippen MR) is 95.4 cm³/mol. The van der Waals surface area contributed by atoms with E-state index < -0.39 is 10.0 Å². The van der Waals surface area contributed by atoms with Gasteiger partial charge in [0.05, 0.1) is 12.8 Å². The van der Waals surface area contributed by atoms with Crippen LogP contribution in [0.2, 0.25) is 0 Å². The summed E-state index contributed by atoms with van der Waals surface area (Å²) >= 11 is 0. The van der Waals surface area contributed by atoms with Crippen LogP contribution in [0, 0.1) is 5.82 Å². The second-order valence-corrected chi connectivity index (χ2v) is 8.34. The summed E-state index contributed by atoms with van der Waals surface area (Å²) in [5.74, 6) is -0.666. The standard InChI is InChI=1S/C17H24FN3O4S/c1-14(22)19-9-11-20(12-10-19)17(23)13-21(26(2,24)25)8-7-15-3-5-16(18)6-4-15/h3-6H,7-13H2,1-2H3. The largest absolute Gasteiger partial charge is 0.339 e. The molecule has 0 radical (unpaired) electrons. The van der Waals surface area contributed by atoms with Crippen molar-refractivity contribution in [3.8, 4) is 0 Å².